The molecule has 0 radical (unpaired) electrons. The molecule has 0 fully saturated rings. The molecule has 0 unspecified atom stereocenters. The Morgan fingerprint density at radius 1 is 0.962 bits per heavy atom. The standard InChI is InChI=1S/C16H24N4O5S/c1-12(21)17-8-4-9-18-16(23)7-10-26(24,25)20-15-6-3-5-14(11-15)19-13(2)22/h3,5-6,11,20H,4,7-10H2,1-2H3,(H,17,21)(H,18,23)(H,19,22). The van der Waals surface area contributed by atoms with Gasteiger partial charge in [0.2, 0.25) is 27.7 Å². The molecule has 0 spiro atoms. The minimum absolute atomic E-state index is 0.143. The lowest BCUT2D eigenvalue weighted by Crippen LogP contribution is -2.30. The zero-order chi connectivity index (χ0) is 19.6. The van der Waals surface area contributed by atoms with E-state index in [9.17, 15) is 22.8 Å². The molecule has 26 heavy (non-hydrogen) atoms. The molecule has 0 heterocycles. The van der Waals surface area contributed by atoms with Crippen molar-refractivity contribution in [1.29, 1.82) is 0 Å². The van der Waals surface area contributed by atoms with Gasteiger partial charge in [-0.3, -0.25) is 19.1 Å². The van der Waals surface area contributed by atoms with Crippen molar-refractivity contribution in [2.45, 2.75) is 26.7 Å². The monoisotopic (exact) mass is 384 g/mol. The highest BCUT2D eigenvalue weighted by Crippen LogP contribution is 2.16. The normalized spacial score (nSPS) is 10.7. The maximum Gasteiger partial charge on any atom is 0.233 e. The maximum atomic E-state index is 12.1. The lowest BCUT2D eigenvalue weighted by Gasteiger charge is -2.10. The molecule has 0 atom stereocenters. The van der Waals surface area contributed by atoms with Gasteiger partial charge in [0.1, 0.15) is 0 Å². The van der Waals surface area contributed by atoms with Crippen molar-refractivity contribution in [3.63, 3.8) is 0 Å². The zero-order valence-corrected chi connectivity index (χ0v) is 15.6. The first-order chi connectivity index (χ1) is 12.2. The number of carbonyl (C=O) groups excluding carboxylic acids is 3. The molecule has 3 amide bonds. The van der Waals surface area contributed by atoms with Crippen LogP contribution in [0.15, 0.2) is 24.3 Å². The fourth-order valence-electron chi connectivity index (χ4n) is 1.99. The molecule has 0 aliphatic carbocycles. The lowest BCUT2D eigenvalue weighted by atomic mass is 10.3. The number of benzene rings is 1. The predicted molar refractivity (Wildman–Crippen MR) is 99.1 cm³/mol. The number of rotatable bonds is 10. The quantitative estimate of drug-likeness (QED) is 0.434. The Morgan fingerprint density at radius 2 is 1.62 bits per heavy atom. The molecular weight excluding hydrogens is 360 g/mol. The van der Waals surface area contributed by atoms with E-state index in [1.807, 2.05) is 0 Å². The van der Waals surface area contributed by atoms with Gasteiger partial charge in [0, 0.05) is 39.0 Å². The second-order valence-corrected chi connectivity index (χ2v) is 7.46. The first-order valence-corrected chi connectivity index (χ1v) is 9.72. The Hall–Kier alpha value is -2.62. The summed E-state index contributed by atoms with van der Waals surface area (Å²) in [4.78, 5) is 33.4. The van der Waals surface area contributed by atoms with Crippen molar-refractivity contribution in [2.75, 3.05) is 28.9 Å². The van der Waals surface area contributed by atoms with E-state index in [1.165, 1.54) is 19.9 Å². The number of carbonyl (C=O) groups is 3. The Kier molecular flexibility index (Phi) is 8.56. The van der Waals surface area contributed by atoms with Crippen LogP contribution in [0.3, 0.4) is 0 Å². The summed E-state index contributed by atoms with van der Waals surface area (Å²) in [5.74, 6) is -1.16. The van der Waals surface area contributed by atoms with E-state index in [4.69, 9.17) is 0 Å². The number of anilines is 2. The Balaban J connectivity index is 2.40. The molecule has 0 saturated heterocycles. The van der Waals surface area contributed by atoms with Crippen LogP contribution in [0.2, 0.25) is 0 Å². The number of amides is 3. The summed E-state index contributed by atoms with van der Waals surface area (Å²) in [7, 11) is -3.70. The molecular formula is C16H24N4O5S. The van der Waals surface area contributed by atoms with E-state index in [0.717, 1.165) is 0 Å². The fourth-order valence-corrected chi connectivity index (χ4v) is 3.03. The second kappa shape index (κ2) is 10.4. The van der Waals surface area contributed by atoms with E-state index < -0.39 is 10.0 Å². The Morgan fingerprint density at radius 3 is 2.27 bits per heavy atom. The van der Waals surface area contributed by atoms with Crippen LogP contribution >= 0.6 is 0 Å². The van der Waals surface area contributed by atoms with Crippen molar-refractivity contribution in [3.8, 4) is 0 Å². The molecule has 0 aliphatic heterocycles. The molecule has 0 aromatic heterocycles. The van der Waals surface area contributed by atoms with Gasteiger partial charge in [-0.25, -0.2) is 8.42 Å². The van der Waals surface area contributed by atoms with Crippen LogP contribution < -0.4 is 20.7 Å². The van der Waals surface area contributed by atoms with E-state index in [-0.39, 0.29) is 29.9 Å². The summed E-state index contributed by atoms with van der Waals surface area (Å²) in [6.45, 7) is 3.55. The minimum atomic E-state index is -3.70. The number of hydrogen-bond donors (Lipinski definition) is 4. The van der Waals surface area contributed by atoms with Gasteiger partial charge < -0.3 is 16.0 Å². The van der Waals surface area contributed by atoms with Crippen LogP contribution in [0, 0.1) is 0 Å². The molecule has 0 saturated carbocycles. The average Bonchev–Trinajstić information content (AvgIpc) is 2.51. The summed E-state index contributed by atoms with van der Waals surface area (Å²) in [5, 5.41) is 7.75. The smallest absolute Gasteiger partial charge is 0.233 e. The van der Waals surface area contributed by atoms with E-state index in [2.05, 4.69) is 20.7 Å². The van der Waals surface area contributed by atoms with Crippen LogP contribution in [0.1, 0.15) is 26.7 Å². The Labute approximate surface area is 153 Å². The summed E-state index contributed by atoms with van der Waals surface area (Å²) in [5.41, 5.74) is 0.765. The highest BCUT2D eigenvalue weighted by Gasteiger charge is 2.13. The third-order valence-electron chi connectivity index (χ3n) is 3.10. The van der Waals surface area contributed by atoms with Crippen LogP contribution in [0.25, 0.3) is 0 Å². The summed E-state index contributed by atoms with van der Waals surface area (Å²) < 4.78 is 26.5. The molecule has 4 N–H and O–H groups in total. The van der Waals surface area contributed by atoms with Crippen molar-refractivity contribution in [3.05, 3.63) is 24.3 Å². The molecule has 0 bridgehead atoms. The lowest BCUT2D eigenvalue weighted by molar-refractivity contribution is -0.120. The van der Waals surface area contributed by atoms with Crippen LogP contribution in [-0.4, -0.2) is 45.0 Å². The summed E-state index contributed by atoms with van der Waals surface area (Å²) in [6.07, 6.45) is 0.382. The largest absolute Gasteiger partial charge is 0.356 e. The molecule has 1 rings (SSSR count). The molecule has 9 nitrogen and oxygen atoms in total. The van der Waals surface area contributed by atoms with Gasteiger partial charge in [-0.15, -0.1) is 0 Å². The van der Waals surface area contributed by atoms with Crippen LogP contribution in [0.4, 0.5) is 11.4 Å². The molecule has 1 aromatic rings. The van der Waals surface area contributed by atoms with E-state index >= 15 is 0 Å². The van der Waals surface area contributed by atoms with Crippen LogP contribution in [0.5, 0.6) is 0 Å². The van der Waals surface area contributed by atoms with Gasteiger partial charge in [0.15, 0.2) is 0 Å². The van der Waals surface area contributed by atoms with Gasteiger partial charge in [-0.2, -0.15) is 0 Å². The van der Waals surface area contributed by atoms with Gasteiger partial charge in [0.25, 0.3) is 0 Å². The van der Waals surface area contributed by atoms with Crippen molar-refractivity contribution >= 4 is 39.1 Å². The molecule has 0 aliphatic rings. The van der Waals surface area contributed by atoms with Crippen molar-refractivity contribution in [2.24, 2.45) is 0 Å². The molecule has 10 heteroatoms. The topological polar surface area (TPSA) is 133 Å². The van der Waals surface area contributed by atoms with Gasteiger partial charge in [0.05, 0.1) is 11.4 Å². The van der Waals surface area contributed by atoms with Crippen molar-refractivity contribution in [1.82, 2.24) is 10.6 Å². The van der Waals surface area contributed by atoms with Crippen LogP contribution in [-0.2, 0) is 24.4 Å². The highest BCUT2D eigenvalue weighted by atomic mass is 32.2. The first kappa shape index (κ1) is 21.4. The highest BCUT2D eigenvalue weighted by molar-refractivity contribution is 7.92. The average molecular weight is 384 g/mol. The van der Waals surface area contributed by atoms with E-state index in [1.54, 1.807) is 18.2 Å². The number of sulfonamides is 1. The van der Waals surface area contributed by atoms with Gasteiger partial charge in [-0.05, 0) is 24.6 Å². The first-order valence-electron chi connectivity index (χ1n) is 8.07. The zero-order valence-electron chi connectivity index (χ0n) is 14.8. The predicted octanol–water partition coefficient (Wildman–Crippen LogP) is 0.419. The van der Waals surface area contributed by atoms with Gasteiger partial charge >= 0.3 is 0 Å². The molecule has 144 valence electrons. The summed E-state index contributed by atoms with van der Waals surface area (Å²) in [6, 6.07) is 6.27. The van der Waals surface area contributed by atoms with Gasteiger partial charge in [-0.1, -0.05) is 6.07 Å². The number of nitrogens with one attached hydrogen (secondary N) is 4. The SMILES string of the molecule is CC(=O)NCCCNC(=O)CCS(=O)(=O)Nc1cccc(NC(C)=O)c1. The third kappa shape index (κ3) is 9.62. The Bertz CT molecular complexity index is 749. The van der Waals surface area contributed by atoms with Crippen molar-refractivity contribution < 1.29 is 22.8 Å². The summed E-state index contributed by atoms with van der Waals surface area (Å²) >= 11 is 0. The maximum absolute atomic E-state index is 12.1. The van der Waals surface area contributed by atoms with E-state index in [0.29, 0.717) is 30.9 Å². The second-order valence-electron chi connectivity index (χ2n) is 5.62. The number of hydrogen-bond acceptors (Lipinski definition) is 5. The molecule has 1 aromatic carbocycles. The third-order valence-corrected chi connectivity index (χ3v) is 4.39. The minimum Gasteiger partial charge on any atom is -0.356 e. The fraction of sp³-hybridized carbons (Fsp3) is 0.438.